The molecule has 2 heterocycles. The second-order valence-electron chi connectivity index (χ2n) is 7.40. The zero-order chi connectivity index (χ0) is 20.4. The van der Waals surface area contributed by atoms with Crippen molar-refractivity contribution in [3.63, 3.8) is 0 Å². The zero-order valence-electron chi connectivity index (χ0n) is 17.2. The van der Waals surface area contributed by atoms with Crippen LogP contribution >= 0.6 is 8.59 Å². The number of hydrogen-bond acceptors (Lipinski definition) is 3. The molecular formula is C24H25InN3S. The van der Waals surface area contributed by atoms with Crippen LogP contribution in [0.5, 0.6) is 0 Å². The van der Waals surface area contributed by atoms with Crippen LogP contribution in [-0.4, -0.2) is 38.2 Å². The number of aliphatic imine (C=N–C) groups is 1. The molecule has 0 saturated carbocycles. The topological polar surface area (TPSA) is 30.2 Å². The van der Waals surface area contributed by atoms with Crippen LogP contribution in [0, 0.1) is 13.8 Å². The number of nitrogens with zero attached hydrogens (tertiary/aromatic N) is 3. The molecule has 0 saturated heterocycles. The Hall–Kier alpha value is -1.72. The van der Waals surface area contributed by atoms with Gasteiger partial charge in [-0.2, -0.15) is 0 Å². The average Bonchev–Trinajstić information content (AvgIpc) is 3.27. The van der Waals surface area contributed by atoms with E-state index < -0.39 is 0 Å². The molecule has 29 heavy (non-hydrogen) atoms. The monoisotopic (exact) mass is 502 g/mol. The fourth-order valence-corrected chi connectivity index (χ4v) is 6.37. The quantitative estimate of drug-likeness (QED) is 0.449. The molecule has 1 aliphatic heterocycles. The van der Waals surface area contributed by atoms with E-state index in [9.17, 15) is 0 Å². The van der Waals surface area contributed by atoms with Crippen molar-refractivity contribution in [1.29, 1.82) is 0 Å². The van der Waals surface area contributed by atoms with E-state index in [0.29, 0.717) is 0 Å². The van der Waals surface area contributed by atoms with Gasteiger partial charge in [-0.15, -0.1) is 0 Å². The summed E-state index contributed by atoms with van der Waals surface area (Å²) in [5.41, 5.74) is 5.67. The molecule has 0 unspecified atom stereocenters. The Morgan fingerprint density at radius 1 is 0.966 bits per heavy atom. The van der Waals surface area contributed by atoms with Crippen LogP contribution in [0.15, 0.2) is 76.9 Å². The van der Waals surface area contributed by atoms with Gasteiger partial charge in [0, 0.05) is 0 Å². The van der Waals surface area contributed by atoms with Gasteiger partial charge >= 0.3 is 191 Å². The summed E-state index contributed by atoms with van der Waals surface area (Å²) in [7, 11) is 1.84. The SMILES string of the molecule is CCCC1=NC(n2c([S][InH])nc(C)c2C)=CC1(c1ccccc1)c1ccccc1. The van der Waals surface area contributed by atoms with Gasteiger partial charge in [-0.1, -0.05) is 0 Å². The Morgan fingerprint density at radius 2 is 1.55 bits per heavy atom. The Balaban J connectivity index is 2.01. The van der Waals surface area contributed by atoms with Crippen molar-refractivity contribution < 1.29 is 0 Å². The Morgan fingerprint density at radius 3 is 2.07 bits per heavy atom. The van der Waals surface area contributed by atoms with Crippen molar-refractivity contribution in [3.05, 3.63) is 89.3 Å². The maximum atomic E-state index is 5.24. The van der Waals surface area contributed by atoms with Gasteiger partial charge in [-0.05, 0) is 0 Å². The summed E-state index contributed by atoms with van der Waals surface area (Å²) in [6, 6.07) is 21.6. The molecule has 3 nitrogen and oxygen atoms in total. The number of hydrogen-bond donors (Lipinski definition) is 0. The van der Waals surface area contributed by atoms with Crippen molar-refractivity contribution in [2.24, 2.45) is 4.99 Å². The molecule has 145 valence electrons. The fraction of sp³-hybridized carbons (Fsp3) is 0.250. The first-order valence-corrected chi connectivity index (χ1v) is 15.9. The van der Waals surface area contributed by atoms with E-state index in [4.69, 9.17) is 9.98 Å². The summed E-state index contributed by atoms with van der Waals surface area (Å²) < 4.78 is 2.25. The number of aromatic nitrogens is 2. The normalized spacial score (nSPS) is 15.3. The van der Waals surface area contributed by atoms with E-state index in [1.807, 2.05) is 8.59 Å². The summed E-state index contributed by atoms with van der Waals surface area (Å²) in [5, 5.41) is 1.06. The summed E-state index contributed by atoms with van der Waals surface area (Å²) in [6.07, 6.45) is 4.39. The average molecular weight is 502 g/mol. The van der Waals surface area contributed by atoms with Crippen LogP contribution < -0.4 is 0 Å². The van der Waals surface area contributed by atoms with Crippen molar-refractivity contribution in [2.45, 2.75) is 44.2 Å². The van der Waals surface area contributed by atoms with Crippen LogP contribution in [-0.2, 0) is 5.41 Å². The number of imidazole rings is 1. The third-order valence-corrected chi connectivity index (χ3v) is 8.41. The second-order valence-corrected chi connectivity index (χ2v) is 10.5. The number of rotatable bonds is 6. The van der Waals surface area contributed by atoms with E-state index in [2.05, 4.69) is 92.1 Å². The molecule has 0 N–H and O–H groups in total. The molecule has 2 aromatic carbocycles. The van der Waals surface area contributed by atoms with E-state index in [1.54, 1.807) is 0 Å². The molecule has 1 radical (unpaired) electrons. The molecule has 1 aliphatic rings. The van der Waals surface area contributed by atoms with Crippen LogP contribution in [0.2, 0.25) is 0 Å². The van der Waals surface area contributed by atoms with Crippen molar-refractivity contribution in [3.8, 4) is 0 Å². The number of aryl methyl sites for hydroxylation is 1. The summed E-state index contributed by atoms with van der Waals surface area (Å²) in [5.74, 6) is 1.00. The fourth-order valence-electron chi connectivity index (χ4n) is 4.16. The molecule has 4 rings (SSSR count). The second kappa shape index (κ2) is 8.57. The molecular weight excluding hydrogens is 477 g/mol. The maximum absolute atomic E-state index is 5.24. The molecule has 0 bridgehead atoms. The Labute approximate surface area is 190 Å². The van der Waals surface area contributed by atoms with Crippen LogP contribution in [0.4, 0.5) is 0 Å². The van der Waals surface area contributed by atoms with E-state index >= 15 is 0 Å². The first-order chi connectivity index (χ1) is 14.1. The summed E-state index contributed by atoms with van der Waals surface area (Å²) in [4.78, 5) is 10.0. The third-order valence-electron chi connectivity index (χ3n) is 5.67. The van der Waals surface area contributed by atoms with Gasteiger partial charge in [-0.3, -0.25) is 0 Å². The molecule has 0 aliphatic carbocycles. The van der Waals surface area contributed by atoms with Gasteiger partial charge < -0.3 is 0 Å². The molecule has 0 amide bonds. The van der Waals surface area contributed by atoms with Gasteiger partial charge in [-0.25, -0.2) is 0 Å². The number of allylic oxidation sites excluding steroid dienone is 1. The predicted molar refractivity (Wildman–Crippen MR) is 125 cm³/mol. The van der Waals surface area contributed by atoms with Crippen LogP contribution in [0.25, 0.3) is 5.82 Å². The first-order valence-electron chi connectivity index (χ1n) is 10.0. The van der Waals surface area contributed by atoms with E-state index in [1.165, 1.54) is 22.5 Å². The van der Waals surface area contributed by atoms with Crippen molar-refractivity contribution >= 4 is 43.0 Å². The summed E-state index contributed by atoms with van der Waals surface area (Å²) >= 11 is 0.760. The van der Waals surface area contributed by atoms with Crippen LogP contribution in [0.1, 0.15) is 42.3 Å². The molecule has 5 heteroatoms. The molecule has 3 aromatic rings. The molecule has 0 spiro atoms. The Bertz CT molecular complexity index is 1030. The minimum absolute atomic E-state index is 0.339. The third kappa shape index (κ3) is 3.53. The Kier molecular flexibility index (Phi) is 6.07. The van der Waals surface area contributed by atoms with Crippen molar-refractivity contribution in [2.75, 3.05) is 0 Å². The molecule has 0 fully saturated rings. The van der Waals surface area contributed by atoms with Crippen molar-refractivity contribution in [1.82, 2.24) is 9.55 Å². The van der Waals surface area contributed by atoms with Crippen LogP contribution in [0.3, 0.4) is 0 Å². The van der Waals surface area contributed by atoms with E-state index in [0.717, 1.165) is 52.4 Å². The number of benzene rings is 2. The van der Waals surface area contributed by atoms with E-state index in [-0.39, 0.29) is 5.41 Å². The zero-order valence-corrected chi connectivity index (χ0v) is 22.1. The first kappa shape index (κ1) is 20.5. The molecule has 1 aromatic heterocycles. The van der Waals surface area contributed by atoms with Gasteiger partial charge in [0.2, 0.25) is 0 Å². The summed E-state index contributed by atoms with van der Waals surface area (Å²) in [6.45, 7) is 6.46. The molecule has 0 atom stereocenters. The van der Waals surface area contributed by atoms with Gasteiger partial charge in [0.1, 0.15) is 0 Å². The minimum atomic E-state index is -0.339. The predicted octanol–water partition coefficient (Wildman–Crippen LogP) is 5.45. The standard InChI is InChI=1S/C24H25N3S.In.H/c1-4-11-21-24(19-12-7-5-8-13-19,20-14-9-6-10-15-20)16-22(26-21)27-18(3)17(2)25-23(27)28;;/h5-10,12-16H,4,11H2,1-3H3,(H,25,28);;/q;+1;/p-1. The van der Waals surface area contributed by atoms with Gasteiger partial charge in [0.25, 0.3) is 0 Å². The van der Waals surface area contributed by atoms with Gasteiger partial charge in [0.15, 0.2) is 0 Å². The van der Waals surface area contributed by atoms with Gasteiger partial charge in [0.05, 0.1) is 0 Å².